The van der Waals surface area contributed by atoms with E-state index in [1.54, 1.807) is 12.4 Å². The first-order chi connectivity index (χ1) is 11.7. The van der Waals surface area contributed by atoms with Crippen LogP contribution in [0.1, 0.15) is 74.9 Å². The molecule has 0 atom stereocenters. The Morgan fingerprint density at radius 3 is 2.04 bits per heavy atom. The van der Waals surface area contributed by atoms with Crippen LogP contribution in [0.25, 0.3) is 0 Å². The number of aryl methyl sites for hydroxylation is 1. The molecule has 1 aromatic carbocycles. The molecule has 0 saturated heterocycles. The Bertz CT molecular complexity index is 667. The van der Waals surface area contributed by atoms with Gasteiger partial charge in [0.2, 0.25) is 5.82 Å². The van der Waals surface area contributed by atoms with E-state index in [1.807, 2.05) is 20.8 Å². The number of nitrogens with zero attached hydrogens (tertiary/aromatic N) is 2. The van der Waals surface area contributed by atoms with E-state index in [1.165, 1.54) is 31.2 Å². The second-order valence-corrected chi connectivity index (χ2v) is 6.41. The van der Waals surface area contributed by atoms with Gasteiger partial charge in [-0.2, -0.15) is 0 Å². The van der Waals surface area contributed by atoms with Crippen LogP contribution in [0.15, 0.2) is 36.7 Å². The number of benzene rings is 1. The molecular weight excluding hydrogens is 292 g/mol. The summed E-state index contributed by atoms with van der Waals surface area (Å²) in [4.78, 5) is 8.41. The van der Waals surface area contributed by atoms with Crippen molar-refractivity contribution in [3.63, 3.8) is 0 Å². The van der Waals surface area contributed by atoms with Crippen molar-refractivity contribution >= 4 is 0 Å². The molecule has 0 bridgehead atoms. The van der Waals surface area contributed by atoms with Crippen LogP contribution in [0.3, 0.4) is 0 Å². The maximum absolute atomic E-state index is 4.21. The lowest BCUT2D eigenvalue weighted by atomic mass is 9.79. The minimum atomic E-state index is 0.580. The molecule has 0 N–H and O–H groups in total. The van der Waals surface area contributed by atoms with E-state index in [-0.39, 0.29) is 0 Å². The van der Waals surface area contributed by atoms with Gasteiger partial charge in [-0.3, -0.25) is 0 Å². The molecule has 0 radical (unpaired) electrons. The molecule has 3 rings (SSSR count). The van der Waals surface area contributed by atoms with E-state index in [2.05, 4.69) is 53.0 Å². The topological polar surface area (TPSA) is 25.8 Å². The predicted octanol–water partition coefficient (Wildman–Crippen LogP) is 5.50. The summed E-state index contributed by atoms with van der Waals surface area (Å²) in [6.45, 7) is 8.34. The van der Waals surface area contributed by atoms with Crippen LogP contribution in [-0.2, 0) is 0 Å². The van der Waals surface area contributed by atoms with Gasteiger partial charge in [0, 0.05) is 18.0 Å². The molecule has 1 aliphatic rings. The molecule has 1 fully saturated rings. The molecule has 2 heteroatoms. The van der Waals surface area contributed by atoms with Crippen molar-refractivity contribution in [3.8, 4) is 11.8 Å². The van der Waals surface area contributed by atoms with Crippen LogP contribution in [0, 0.1) is 24.7 Å². The average Bonchev–Trinajstić information content (AvgIpc) is 2.64. The van der Waals surface area contributed by atoms with Crippen LogP contribution in [0.5, 0.6) is 0 Å². The molecule has 0 amide bonds. The molecule has 0 aliphatic heterocycles. The fourth-order valence-corrected chi connectivity index (χ4v) is 3.02. The summed E-state index contributed by atoms with van der Waals surface area (Å²) in [6, 6.07) is 8.71. The monoisotopic (exact) mass is 320 g/mol. The minimum Gasteiger partial charge on any atom is -0.229 e. The summed E-state index contributed by atoms with van der Waals surface area (Å²) in [5.74, 6) is 8.38. The first-order valence-corrected chi connectivity index (χ1v) is 9.11. The van der Waals surface area contributed by atoms with Gasteiger partial charge in [-0.15, -0.1) is 0 Å². The van der Waals surface area contributed by atoms with Crippen LogP contribution >= 0.6 is 0 Å². The van der Waals surface area contributed by atoms with Gasteiger partial charge in [-0.25, -0.2) is 9.97 Å². The van der Waals surface area contributed by atoms with E-state index in [9.17, 15) is 0 Å². The zero-order chi connectivity index (χ0) is 17.4. The van der Waals surface area contributed by atoms with Crippen molar-refractivity contribution in [2.24, 2.45) is 5.92 Å². The SMILES string of the molecule is CC.Cc1cnc(C#Cc2ccc(C3CCC(C)CC3)cc2)nc1. The first kappa shape index (κ1) is 18.2. The molecule has 2 nitrogen and oxygen atoms in total. The molecule has 1 saturated carbocycles. The van der Waals surface area contributed by atoms with Crippen molar-refractivity contribution in [1.82, 2.24) is 9.97 Å². The lowest BCUT2D eigenvalue weighted by Gasteiger charge is -2.26. The molecule has 0 unspecified atom stereocenters. The van der Waals surface area contributed by atoms with Gasteiger partial charge in [-0.05, 0) is 60.8 Å². The number of hydrogen-bond donors (Lipinski definition) is 0. The van der Waals surface area contributed by atoms with Crippen molar-refractivity contribution < 1.29 is 0 Å². The first-order valence-electron chi connectivity index (χ1n) is 9.11. The van der Waals surface area contributed by atoms with Crippen LogP contribution in [0.4, 0.5) is 0 Å². The lowest BCUT2D eigenvalue weighted by molar-refractivity contribution is 0.348. The Hall–Kier alpha value is -2.14. The maximum atomic E-state index is 4.21. The molecule has 1 aliphatic carbocycles. The van der Waals surface area contributed by atoms with Crippen molar-refractivity contribution in [1.29, 1.82) is 0 Å². The Morgan fingerprint density at radius 1 is 0.875 bits per heavy atom. The van der Waals surface area contributed by atoms with E-state index in [4.69, 9.17) is 0 Å². The normalized spacial score (nSPS) is 19.5. The number of hydrogen-bond acceptors (Lipinski definition) is 2. The van der Waals surface area contributed by atoms with Crippen molar-refractivity contribution in [2.75, 3.05) is 0 Å². The van der Waals surface area contributed by atoms with Crippen molar-refractivity contribution in [2.45, 2.75) is 59.3 Å². The Balaban J connectivity index is 0.00000100. The molecule has 126 valence electrons. The fourth-order valence-electron chi connectivity index (χ4n) is 3.02. The summed E-state index contributed by atoms with van der Waals surface area (Å²) in [5.41, 5.74) is 3.54. The summed E-state index contributed by atoms with van der Waals surface area (Å²) in [6.07, 6.45) is 8.95. The predicted molar refractivity (Wildman–Crippen MR) is 101 cm³/mol. The minimum absolute atomic E-state index is 0.580. The summed E-state index contributed by atoms with van der Waals surface area (Å²) < 4.78 is 0. The second-order valence-electron chi connectivity index (χ2n) is 6.41. The highest BCUT2D eigenvalue weighted by Crippen LogP contribution is 2.35. The van der Waals surface area contributed by atoms with Crippen LogP contribution in [-0.4, -0.2) is 9.97 Å². The Morgan fingerprint density at radius 2 is 1.46 bits per heavy atom. The van der Waals surface area contributed by atoms with Gasteiger partial charge in [0.15, 0.2) is 0 Å². The fraction of sp³-hybridized carbons (Fsp3) is 0.455. The average molecular weight is 320 g/mol. The molecule has 1 aromatic heterocycles. The maximum Gasteiger partial charge on any atom is 0.205 e. The van der Waals surface area contributed by atoms with Gasteiger partial charge >= 0.3 is 0 Å². The van der Waals surface area contributed by atoms with Crippen molar-refractivity contribution in [3.05, 3.63) is 59.2 Å². The second kappa shape index (κ2) is 9.23. The summed E-state index contributed by atoms with van der Waals surface area (Å²) in [7, 11) is 0. The van der Waals surface area contributed by atoms with Gasteiger partial charge in [0.1, 0.15) is 0 Å². The highest BCUT2D eigenvalue weighted by Gasteiger charge is 2.19. The van der Waals surface area contributed by atoms with E-state index in [0.29, 0.717) is 5.82 Å². The zero-order valence-electron chi connectivity index (χ0n) is 15.3. The lowest BCUT2D eigenvalue weighted by Crippen LogP contribution is -2.10. The third kappa shape index (κ3) is 5.20. The smallest absolute Gasteiger partial charge is 0.205 e. The summed E-state index contributed by atoms with van der Waals surface area (Å²) >= 11 is 0. The quantitative estimate of drug-likeness (QED) is 0.648. The largest absolute Gasteiger partial charge is 0.229 e. The summed E-state index contributed by atoms with van der Waals surface area (Å²) in [5, 5.41) is 0. The highest BCUT2D eigenvalue weighted by atomic mass is 14.8. The Labute approximate surface area is 146 Å². The van der Waals surface area contributed by atoms with Gasteiger partial charge in [0.05, 0.1) is 0 Å². The molecule has 2 aromatic rings. The van der Waals surface area contributed by atoms with E-state index in [0.717, 1.165) is 23.0 Å². The Kier molecular flexibility index (Phi) is 7.00. The number of aromatic nitrogens is 2. The van der Waals surface area contributed by atoms with Gasteiger partial charge < -0.3 is 0 Å². The molecule has 24 heavy (non-hydrogen) atoms. The van der Waals surface area contributed by atoms with Gasteiger partial charge in [0.25, 0.3) is 0 Å². The highest BCUT2D eigenvalue weighted by molar-refractivity contribution is 5.40. The third-order valence-electron chi connectivity index (χ3n) is 4.50. The number of rotatable bonds is 1. The van der Waals surface area contributed by atoms with Crippen LogP contribution < -0.4 is 0 Å². The molecular formula is C22H28N2. The third-order valence-corrected chi connectivity index (χ3v) is 4.50. The van der Waals surface area contributed by atoms with Gasteiger partial charge in [-0.1, -0.05) is 51.7 Å². The standard InChI is InChI=1S/C20H22N2.C2H6/c1-15-3-8-18(9-4-15)19-10-5-17(6-11-19)7-12-20-21-13-16(2)14-22-20;1-2/h5-6,10-11,13-15,18H,3-4,8-9H2,1-2H3;1-2H3. The van der Waals surface area contributed by atoms with E-state index < -0.39 is 0 Å². The molecule has 0 spiro atoms. The zero-order valence-corrected chi connectivity index (χ0v) is 15.3. The van der Waals surface area contributed by atoms with E-state index >= 15 is 0 Å². The molecule has 1 heterocycles. The van der Waals surface area contributed by atoms with Crippen LogP contribution in [0.2, 0.25) is 0 Å².